The van der Waals surface area contributed by atoms with E-state index in [2.05, 4.69) is 9.97 Å². The van der Waals surface area contributed by atoms with Crippen molar-refractivity contribution in [3.05, 3.63) is 60.3 Å². The molecule has 0 radical (unpaired) electrons. The summed E-state index contributed by atoms with van der Waals surface area (Å²) in [7, 11) is 0. The van der Waals surface area contributed by atoms with Crippen molar-refractivity contribution in [3.63, 3.8) is 0 Å². The number of nitrogens with one attached hydrogen (secondary N) is 1. The number of hydrogen-bond donors (Lipinski definition) is 6. The van der Waals surface area contributed by atoms with E-state index in [4.69, 9.17) is 5.11 Å². The highest BCUT2D eigenvalue weighted by molar-refractivity contribution is 6.11. The highest BCUT2D eigenvalue weighted by Gasteiger charge is 2.35. The van der Waals surface area contributed by atoms with E-state index in [1.165, 1.54) is 0 Å². The van der Waals surface area contributed by atoms with Crippen molar-refractivity contribution in [2.45, 2.75) is 24.4 Å². The highest BCUT2D eigenvalue weighted by atomic mass is 16.4. The van der Waals surface area contributed by atoms with E-state index < -0.39 is 42.8 Å². The molecule has 31 heavy (non-hydrogen) atoms. The van der Waals surface area contributed by atoms with Crippen LogP contribution in [-0.4, -0.2) is 78.3 Å². The maximum absolute atomic E-state index is 12.8. The minimum atomic E-state index is -2.25. The average molecular weight is 427 g/mol. The van der Waals surface area contributed by atoms with Gasteiger partial charge in [0, 0.05) is 10.9 Å². The lowest BCUT2D eigenvalue weighted by Gasteiger charge is -2.24. The zero-order valence-electron chi connectivity index (χ0n) is 16.2. The number of hydrogen-bond acceptors (Lipinski definition) is 9. The van der Waals surface area contributed by atoms with Gasteiger partial charge < -0.3 is 25.5 Å². The third-order valence-electron chi connectivity index (χ3n) is 4.61. The summed E-state index contributed by atoms with van der Waals surface area (Å²) in [6, 6.07) is 15.5. The molecule has 0 aliphatic carbocycles. The fourth-order valence-electron chi connectivity index (χ4n) is 2.89. The van der Waals surface area contributed by atoms with Gasteiger partial charge in [-0.05, 0) is 6.07 Å². The lowest BCUT2D eigenvalue weighted by molar-refractivity contribution is -0.148. The molecule has 1 heterocycles. The number of carbonyl (C=O) groups is 2. The summed E-state index contributed by atoms with van der Waals surface area (Å²) in [4.78, 5) is 33.7. The standard InChI is InChI=1S/C21H21N3O7/c25-10-14(26)16(27)17(28)18(29)21(31)24-20(30)15-12-8-4-5-9-13(12)22-19(23-15)11-6-2-1-3-7-11/h1-9,14,16-18,25-29H,10H2,(H,24,30,31). The second kappa shape index (κ2) is 9.69. The molecule has 0 fully saturated rings. The number of benzene rings is 2. The molecule has 10 heteroatoms. The van der Waals surface area contributed by atoms with Crippen LogP contribution in [-0.2, 0) is 4.79 Å². The molecule has 2 aromatic carbocycles. The Morgan fingerprint density at radius 2 is 1.52 bits per heavy atom. The first-order valence-electron chi connectivity index (χ1n) is 9.34. The quantitative estimate of drug-likeness (QED) is 0.276. The second-order valence-electron chi connectivity index (χ2n) is 6.77. The van der Waals surface area contributed by atoms with Crippen molar-refractivity contribution in [1.29, 1.82) is 0 Å². The number of nitrogens with zero attached hydrogens (tertiary/aromatic N) is 2. The van der Waals surface area contributed by atoms with Crippen LogP contribution >= 0.6 is 0 Å². The number of aliphatic hydroxyl groups excluding tert-OH is 5. The molecule has 4 atom stereocenters. The van der Waals surface area contributed by atoms with Crippen LogP contribution in [0.2, 0.25) is 0 Å². The topological polar surface area (TPSA) is 173 Å². The number of imide groups is 1. The number of amides is 2. The molecule has 3 rings (SSSR count). The first-order chi connectivity index (χ1) is 14.8. The van der Waals surface area contributed by atoms with Gasteiger partial charge in [0.15, 0.2) is 11.9 Å². The molecule has 0 aliphatic rings. The van der Waals surface area contributed by atoms with Crippen LogP contribution in [0.3, 0.4) is 0 Å². The van der Waals surface area contributed by atoms with Gasteiger partial charge in [-0.25, -0.2) is 9.97 Å². The Bertz CT molecular complexity index is 1080. The Hall–Kier alpha value is -3.28. The first-order valence-corrected chi connectivity index (χ1v) is 9.34. The Morgan fingerprint density at radius 1 is 0.871 bits per heavy atom. The molecule has 1 aromatic heterocycles. The van der Waals surface area contributed by atoms with Crippen molar-refractivity contribution in [1.82, 2.24) is 15.3 Å². The predicted molar refractivity (Wildman–Crippen MR) is 109 cm³/mol. The molecular weight excluding hydrogens is 406 g/mol. The van der Waals surface area contributed by atoms with Crippen molar-refractivity contribution in [3.8, 4) is 11.4 Å². The Kier molecular flexibility index (Phi) is 7.00. The van der Waals surface area contributed by atoms with Crippen LogP contribution in [0.5, 0.6) is 0 Å². The zero-order chi connectivity index (χ0) is 22.5. The number of carbonyl (C=O) groups excluding carboxylic acids is 2. The SMILES string of the molecule is O=C(NC(=O)C(O)C(O)C(O)C(O)CO)c1nc(-c2ccccc2)nc2ccccc12. The Morgan fingerprint density at radius 3 is 2.19 bits per heavy atom. The molecule has 0 aliphatic heterocycles. The summed E-state index contributed by atoms with van der Waals surface area (Å²) in [5.41, 5.74) is 0.969. The first kappa shape index (κ1) is 22.4. The number of aliphatic hydroxyl groups is 5. The monoisotopic (exact) mass is 427 g/mol. The Labute approximate surface area is 176 Å². The summed E-state index contributed by atoms with van der Waals surface area (Å²) in [5.74, 6) is -2.02. The van der Waals surface area contributed by atoms with Crippen LogP contribution in [0, 0.1) is 0 Å². The molecule has 10 nitrogen and oxygen atoms in total. The fraction of sp³-hybridized carbons (Fsp3) is 0.238. The van der Waals surface area contributed by atoms with E-state index in [1.807, 2.05) is 11.4 Å². The summed E-state index contributed by atoms with van der Waals surface area (Å²) in [5, 5.41) is 49.9. The molecule has 162 valence electrons. The lowest BCUT2D eigenvalue weighted by atomic mass is 10.0. The van der Waals surface area contributed by atoms with Gasteiger partial charge in [-0.2, -0.15) is 0 Å². The third-order valence-corrected chi connectivity index (χ3v) is 4.61. The van der Waals surface area contributed by atoms with Gasteiger partial charge in [0.25, 0.3) is 11.8 Å². The second-order valence-corrected chi connectivity index (χ2v) is 6.77. The minimum absolute atomic E-state index is 0.129. The minimum Gasteiger partial charge on any atom is -0.394 e. The van der Waals surface area contributed by atoms with Gasteiger partial charge >= 0.3 is 0 Å². The summed E-state index contributed by atoms with van der Waals surface area (Å²) in [6.07, 6.45) is -8.18. The van der Waals surface area contributed by atoms with Gasteiger partial charge in [-0.1, -0.05) is 48.5 Å². The van der Waals surface area contributed by atoms with Crippen molar-refractivity contribution in [2.24, 2.45) is 0 Å². The van der Waals surface area contributed by atoms with Crippen LogP contribution in [0.4, 0.5) is 0 Å². The molecule has 0 saturated heterocycles. The van der Waals surface area contributed by atoms with Gasteiger partial charge in [0.05, 0.1) is 12.1 Å². The fourth-order valence-corrected chi connectivity index (χ4v) is 2.89. The maximum Gasteiger partial charge on any atom is 0.277 e. The van der Waals surface area contributed by atoms with E-state index in [1.54, 1.807) is 48.5 Å². The highest BCUT2D eigenvalue weighted by Crippen LogP contribution is 2.21. The molecule has 3 aromatic rings. The average Bonchev–Trinajstić information content (AvgIpc) is 2.81. The number of rotatable bonds is 7. The molecular formula is C21H21N3O7. The summed E-state index contributed by atoms with van der Waals surface area (Å²) >= 11 is 0. The third kappa shape index (κ3) is 4.90. The predicted octanol–water partition coefficient (Wildman–Crippen LogP) is -1.01. The van der Waals surface area contributed by atoms with Gasteiger partial charge in [0.1, 0.15) is 24.0 Å². The van der Waals surface area contributed by atoms with Crippen molar-refractivity contribution in [2.75, 3.05) is 6.61 Å². The van der Waals surface area contributed by atoms with Crippen LogP contribution in [0.1, 0.15) is 10.5 Å². The van der Waals surface area contributed by atoms with E-state index >= 15 is 0 Å². The van der Waals surface area contributed by atoms with Crippen LogP contribution < -0.4 is 5.32 Å². The molecule has 2 amide bonds. The molecule has 0 spiro atoms. The normalized spacial score (nSPS) is 15.1. The summed E-state index contributed by atoms with van der Waals surface area (Å²) in [6.45, 7) is -0.902. The van der Waals surface area contributed by atoms with E-state index in [0.717, 1.165) is 0 Å². The van der Waals surface area contributed by atoms with Gasteiger partial charge in [-0.15, -0.1) is 0 Å². The lowest BCUT2D eigenvalue weighted by Crippen LogP contribution is -2.52. The number of aromatic nitrogens is 2. The largest absolute Gasteiger partial charge is 0.394 e. The molecule has 0 saturated carbocycles. The number of para-hydroxylation sites is 1. The maximum atomic E-state index is 12.8. The van der Waals surface area contributed by atoms with E-state index in [0.29, 0.717) is 16.5 Å². The molecule has 6 N–H and O–H groups in total. The van der Waals surface area contributed by atoms with Crippen molar-refractivity contribution >= 4 is 22.7 Å². The van der Waals surface area contributed by atoms with Crippen LogP contribution in [0.25, 0.3) is 22.3 Å². The Balaban J connectivity index is 1.89. The molecule has 4 unspecified atom stereocenters. The van der Waals surface area contributed by atoms with Crippen molar-refractivity contribution < 1.29 is 35.1 Å². The van der Waals surface area contributed by atoms with Gasteiger partial charge in [0.2, 0.25) is 0 Å². The van der Waals surface area contributed by atoms with E-state index in [-0.39, 0.29) is 11.5 Å². The summed E-state index contributed by atoms with van der Waals surface area (Å²) < 4.78 is 0. The molecule has 0 bridgehead atoms. The smallest absolute Gasteiger partial charge is 0.277 e. The zero-order valence-corrected chi connectivity index (χ0v) is 16.2. The number of fused-ring (bicyclic) bond motifs is 1. The van der Waals surface area contributed by atoms with E-state index in [9.17, 15) is 30.0 Å². The van der Waals surface area contributed by atoms with Gasteiger partial charge in [-0.3, -0.25) is 14.9 Å². The van der Waals surface area contributed by atoms with Crippen LogP contribution in [0.15, 0.2) is 54.6 Å².